The van der Waals surface area contributed by atoms with Crippen molar-refractivity contribution >= 4 is 21.8 Å². The molecule has 19 heavy (non-hydrogen) atoms. The number of benzene rings is 1. The van der Waals surface area contributed by atoms with Crippen LogP contribution in [0.3, 0.4) is 0 Å². The quantitative estimate of drug-likeness (QED) is 0.856. The van der Waals surface area contributed by atoms with Crippen LogP contribution in [0, 0.1) is 18.3 Å². The first kappa shape index (κ1) is 14.4. The van der Waals surface area contributed by atoms with Gasteiger partial charge in [-0.1, -0.05) is 0 Å². The van der Waals surface area contributed by atoms with Crippen molar-refractivity contribution in [3.05, 3.63) is 29.3 Å². The van der Waals surface area contributed by atoms with Gasteiger partial charge in [0, 0.05) is 18.8 Å². The molecule has 1 aliphatic heterocycles. The standard InChI is InChI=1S/C13H16N2O2S2/c1-10-7-13(4-3-11(10)8-14)19(16,17)15(2)12-5-6-18-9-12/h3-4,7,12H,5-6,9H2,1-2H3. The van der Waals surface area contributed by atoms with Gasteiger partial charge in [-0.25, -0.2) is 8.42 Å². The first-order valence-corrected chi connectivity index (χ1v) is 8.63. The Bertz CT molecular complexity index is 614. The fourth-order valence-corrected chi connectivity index (χ4v) is 4.93. The minimum absolute atomic E-state index is 0.0750. The van der Waals surface area contributed by atoms with E-state index in [2.05, 4.69) is 0 Å². The summed E-state index contributed by atoms with van der Waals surface area (Å²) in [4.78, 5) is 0.267. The van der Waals surface area contributed by atoms with Gasteiger partial charge in [-0.2, -0.15) is 21.3 Å². The first-order chi connectivity index (χ1) is 8.96. The number of hydrogen-bond donors (Lipinski definition) is 0. The molecule has 0 N–H and O–H groups in total. The topological polar surface area (TPSA) is 61.2 Å². The summed E-state index contributed by atoms with van der Waals surface area (Å²) in [6, 6.07) is 6.78. The normalized spacial score (nSPS) is 19.6. The predicted molar refractivity (Wildman–Crippen MR) is 76.6 cm³/mol. The summed E-state index contributed by atoms with van der Waals surface area (Å²) in [6.07, 6.45) is 0.898. The van der Waals surface area contributed by atoms with E-state index in [1.54, 1.807) is 37.9 Å². The molecule has 1 aromatic rings. The maximum atomic E-state index is 12.5. The minimum atomic E-state index is -3.46. The lowest BCUT2D eigenvalue weighted by Gasteiger charge is -2.23. The number of sulfonamides is 1. The average Bonchev–Trinajstić information content (AvgIpc) is 2.91. The highest BCUT2D eigenvalue weighted by Gasteiger charge is 2.30. The Kier molecular flexibility index (Phi) is 4.19. The molecule has 2 rings (SSSR count). The molecule has 0 saturated carbocycles. The van der Waals surface area contributed by atoms with E-state index in [1.165, 1.54) is 10.4 Å². The monoisotopic (exact) mass is 296 g/mol. The molecule has 1 heterocycles. The molecule has 0 aliphatic carbocycles. The third kappa shape index (κ3) is 2.78. The third-order valence-corrected chi connectivity index (χ3v) is 6.47. The van der Waals surface area contributed by atoms with Crippen molar-refractivity contribution in [3.8, 4) is 6.07 Å². The van der Waals surface area contributed by atoms with Crippen molar-refractivity contribution in [2.45, 2.75) is 24.3 Å². The number of aryl methyl sites for hydroxylation is 1. The van der Waals surface area contributed by atoms with Gasteiger partial charge in [0.25, 0.3) is 0 Å². The molecule has 4 nitrogen and oxygen atoms in total. The Labute approximate surface area is 118 Å². The smallest absolute Gasteiger partial charge is 0.207 e. The van der Waals surface area contributed by atoms with Gasteiger partial charge in [-0.3, -0.25) is 0 Å². The zero-order valence-electron chi connectivity index (χ0n) is 11.0. The van der Waals surface area contributed by atoms with Gasteiger partial charge in [0.05, 0.1) is 16.5 Å². The van der Waals surface area contributed by atoms with E-state index in [9.17, 15) is 8.42 Å². The summed E-state index contributed by atoms with van der Waals surface area (Å²) in [7, 11) is -1.82. The second-order valence-electron chi connectivity index (χ2n) is 4.63. The molecule has 6 heteroatoms. The largest absolute Gasteiger partial charge is 0.243 e. The number of rotatable bonds is 3. The molecule has 102 valence electrons. The van der Waals surface area contributed by atoms with E-state index in [4.69, 9.17) is 5.26 Å². The molecule has 0 bridgehead atoms. The van der Waals surface area contributed by atoms with Gasteiger partial charge in [-0.15, -0.1) is 0 Å². The second-order valence-corrected chi connectivity index (χ2v) is 7.77. The molecule has 1 saturated heterocycles. The molecule has 1 atom stereocenters. The summed E-state index contributed by atoms with van der Waals surface area (Å²) in [6.45, 7) is 1.75. The Morgan fingerprint density at radius 2 is 2.21 bits per heavy atom. The van der Waals surface area contributed by atoms with Crippen LogP contribution >= 0.6 is 11.8 Å². The molecule has 1 unspecified atom stereocenters. The van der Waals surface area contributed by atoms with Crippen LogP contribution in [0.1, 0.15) is 17.5 Å². The highest BCUT2D eigenvalue weighted by molar-refractivity contribution is 7.99. The molecular formula is C13H16N2O2S2. The summed E-state index contributed by atoms with van der Waals surface area (Å²) in [5, 5.41) is 8.88. The summed E-state index contributed by atoms with van der Waals surface area (Å²) in [5.41, 5.74) is 1.20. The highest BCUT2D eigenvalue weighted by atomic mass is 32.2. The average molecular weight is 296 g/mol. The third-order valence-electron chi connectivity index (χ3n) is 3.42. The van der Waals surface area contributed by atoms with Crippen molar-refractivity contribution in [2.24, 2.45) is 0 Å². The fourth-order valence-electron chi connectivity index (χ4n) is 2.09. The molecule has 0 spiro atoms. The second kappa shape index (κ2) is 5.53. The fraction of sp³-hybridized carbons (Fsp3) is 0.462. The van der Waals surface area contributed by atoms with Gasteiger partial charge in [0.2, 0.25) is 10.0 Å². The summed E-state index contributed by atoms with van der Waals surface area (Å²) >= 11 is 1.78. The van der Waals surface area contributed by atoms with E-state index in [1.807, 2.05) is 6.07 Å². The lowest BCUT2D eigenvalue weighted by Crippen LogP contribution is -2.36. The highest BCUT2D eigenvalue weighted by Crippen LogP contribution is 2.26. The van der Waals surface area contributed by atoms with Crippen LogP contribution < -0.4 is 0 Å². The number of hydrogen-bond acceptors (Lipinski definition) is 4. The van der Waals surface area contributed by atoms with Gasteiger partial charge >= 0.3 is 0 Å². The van der Waals surface area contributed by atoms with Crippen LogP contribution in [0.25, 0.3) is 0 Å². The predicted octanol–water partition coefficient (Wildman–Crippen LogP) is 1.99. The van der Waals surface area contributed by atoms with Crippen molar-refractivity contribution in [1.29, 1.82) is 5.26 Å². The number of thioether (sulfide) groups is 1. The number of nitriles is 1. The zero-order valence-corrected chi connectivity index (χ0v) is 12.6. The van der Waals surface area contributed by atoms with E-state index in [-0.39, 0.29) is 10.9 Å². The lowest BCUT2D eigenvalue weighted by molar-refractivity contribution is 0.394. The maximum absolute atomic E-state index is 12.5. The van der Waals surface area contributed by atoms with Crippen LogP contribution in [-0.2, 0) is 10.0 Å². The van der Waals surface area contributed by atoms with Crippen LogP contribution in [0.4, 0.5) is 0 Å². The van der Waals surface area contributed by atoms with Crippen LogP contribution in [0.15, 0.2) is 23.1 Å². The molecule has 0 amide bonds. The van der Waals surface area contributed by atoms with E-state index < -0.39 is 10.0 Å². The Hall–Kier alpha value is -1.03. The molecule has 1 fully saturated rings. The molecule has 0 aromatic heterocycles. The lowest BCUT2D eigenvalue weighted by atomic mass is 10.1. The van der Waals surface area contributed by atoms with E-state index in [0.717, 1.165) is 17.9 Å². The van der Waals surface area contributed by atoms with Crippen molar-refractivity contribution < 1.29 is 8.42 Å². The van der Waals surface area contributed by atoms with Gasteiger partial charge in [-0.05, 0) is 42.9 Å². The van der Waals surface area contributed by atoms with Crippen LogP contribution in [0.2, 0.25) is 0 Å². The van der Waals surface area contributed by atoms with Crippen LogP contribution in [-0.4, -0.2) is 37.3 Å². The molecule has 0 radical (unpaired) electrons. The molecule has 1 aromatic carbocycles. The Morgan fingerprint density at radius 3 is 2.74 bits per heavy atom. The maximum Gasteiger partial charge on any atom is 0.243 e. The molecule has 1 aliphatic rings. The van der Waals surface area contributed by atoms with Gasteiger partial charge in [0.15, 0.2) is 0 Å². The van der Waals surface area contributed by atoms with Gasteiger partial charge in [0.1, 0.15) is 0 Å². The van der Waals surface area contributed by atoms with E-state index in [0.29, 0.717) is 11.1 Å². The number of nitrogens with zero attached hydrogens (tertiary/aromatic N) is 2. The zero-order chi connectivity index (χ0) is 14.0. The minimum Gasteiger partial charge on any atom is -0.207 e. The summed E-state index contributed by atoms with van der Waals surface area (Å²) < 4.78 is 26.5. The Morgan fingerprint density at radius 1 is 1.47 bits per heavy atom. The van der Waals surface area contributed by atoms with Gasteiger partial charge < -0.3 is 0 Å². The summed E-state index contributed by atoms with van der Waals surface area (Å²) in [5.74, 6) is 1.86. The Balaban J connectivity index is 2.34. The van der Waals surface area contributed by atoms with Crippen molar-refractivity contribution in [3.63, 3.8) is 0 Å². The SMILES string of the molecule is Cc1cc(S(=O)(=O)N(C)C2CCSC2)ccc1C#N. The molecular weight excluding hydrogens is 280 g/mol. The first-order valence-electron chi connectivity index (χ1n) is 6.03. The van der Waals surface area contributed by atoms with E-state index >= 15 is 0 Å². The van der Waals surface area contributed by atoms with Crippen molar-refractivity contribution in [2.75, 3.05) is 18.6 Å². The van der Waals surface area contributed by atoms with Crippen LogP contribution in [0.5, 0.6) is 0 Å². The van der Waals surface area contributed by atoms with Crippen molar-refractivity contribution in [1.82, 2.24) is 4.31 Å².